The van der Waals surface area contributed by atoms with E-state index in [0.29, 0.717) is 16.5 Å². The maximum atomic E-state index is 12.8. The number of halogens is 1. The Morgan fingerprint density at radius 3 is 2.61 bits per heavy atom. The van der Waals surface area contributed by atoms with E-state index in [4.69, 9.17) is 16.7 Å². The van der Waals surface area contributed by atoms with Gasteiger partial charge in [-0.2, -0.15) is 4.52 Å². The molecular weight excluding hydrogens is 436 g/mol. The van der Waals surface area contributed by atoms with Crippen LogP contribution in [0.1, 0.15) is 25.3 Å². The van der Waals surface area contributed by atoms with E-state index in [0.717, 1.165) is 49.4 Å². The zero-order valence-electron chi connectivity index (χ0n) is 18.4. The predicted molar refractivity (Wildman–Crippen MR) is 131 cm³/mol. The number of hydrogen-bond donors (Lipinski definition) is 1. The summed E-state index contributed by atoms with van der Waals surface area (Å²) in [7, 11) is 0. The SMILES string of the molecule is CCc1cccc(NC(=O)C2CCN(c3ccc4nnc(-c5ccc(Cl)cc5)n4n3)CC2)c1. The molecule has 2 aromatic carbocycles. The molecule has 0 spiro atoms. The van der Waals surface area contributed by atoms with Crippen LogP contribution in [0.4, 0.5) is 11.5 Å². The highest BCUT2D eigenvalue weighted by Crippen LogP contribution is 2.25. The third-order valence-electron chi connectivity index (χ3n) is 6.14. The second-order valence-corrected chi connectivity index (χ2v) is 8.73. The number of nitrogens with one attached hydrogen (secondary N) is 1. The molecule has 4 aromatic rings. The summed E-state index contributed by atoms with van der Waals surface area (Å²) >= 11 is 6.02. The average molecular weight is 461 g/mol. The molecule has 0 saturated carbocycles. The molecule has 8 heteroatoms. The lowest BCUT2D eigenvalue weighted by Crippen LogP contribution is -2.38. The quantitative estimate of drug-likeness (QED) is 0.460. The van der Waals surface area contributed by atoms with Crippen molar-refractivity contribution in [2.45, 2.75) is 26.2 Å². The van der Waals surface area contributed by atoms with E-state index in [1.54, 1.807) is 4.52 Å². The highest BCUT2D eigenvalue weighted by Gasteiger charge is 2.26. The van der Waals surface area contributed by atoms with Gasteiger partial charge in [-0.3, -0.25) is 4.79 Å². The van der Waals surface area contributed by atoms with Crippen molar-refractivity contribution in [3.05, 3.63) is 71.2 Å². The number of aryl methyl sites for hydroxylation is 1. The molecule has 0 bridgehead atoms. The molecule has 2 aromatic heterocycles. The standard InChI is InChI=1S/C25H25ClN6O/c1-2-17-4-3-5-21(16-17)27-25(33)19-12-14-31(15-13-19)23-11-10-22-28-29-24(32(22)30-23)18-6-8-20(26)9-7-18/h3-11,16,19H,2,12-15H2,1H3,(H,27,33). The zero-order chi connectivity index (χ0) is 22.8. The topological polar surface area (TPSA) is 75.4 Å². The number of rotatable bonds is 5. The van der Waals surface area contributed by atoms with Crippen molar-refractivity contribution < 1.29 is 4.79 Å². The molecule has 1 N–H and O–H groups in total. The van der Waals surface area contributed by atoms with Crippen molar-refractivity contribution in [2.75, 3.05) is 23.3 Å². The van der Waals surface area contributed by atoms with E-state index >= 15 is 0 Å². The van der Waals surface area contributed by atoms with Crippen molar-refractivity contribution in [2.24, 2.45) is 5.92 Å². The summed E-state index contributed by atoms with van der Waals surface area (Å²) in [6.45, 7) is 3.65. The van der Waals surface area contributed by atoms with Crippen LogP contribution in [0.5, 0.6) is 0 Å². The summed E-state index contributed by atoms with van der Waals surface area (Å²) in [5.41, 5.74) is 3.68. The van der Waals surface area contributed by atoms with Gasteiger partial charge in [-0.15, -0.1) is 15.3 Å². The van der Waals surface area contributed by atoms with Crippen LogP contribution in [-0.4, -0.2) is 38.8 Å². The number of amides is 1. The fourth-order valence-electron chi connectivity index (χ4n) is 4.21. The Bertz CT molecular complexity index is 1280. The van der Waals surface area contributed by atoms with E-state index < -0.39 is 0 Å². The number of carbonyl (C=O) groups is 1. The van der Waals surface area contributed by atoms with Gasteiger partial charge < -0.3 is 10.2 Å². The third kappa shape index (κ3) is 4.54. The second kappa shape index (κ2) is 9.19. The van der Waals surface area contributed by atoms with Gasteiger partial charge >= 0.3 is 0 Å². The molecule has 5 rings (SSSR count). The molecule has 1 amide bonds. The first-order valence-corrected chi connectivity index (χ1v) is 11.6. The maximum absolute atomic E-state index is 12.8. The Morgan fingerprint density at radius 2 is 1.85 bits per heavy atom. The summed E-state index contributed by atoms with van der Waals surface area (Å²) in [6, 6.07) is 19.4. The van der Waals surface area contributed by atoms with Gasteiger partial charge in [-0.25, -0.2) is 0 Å². The van der Waals surface area contributed by atoms with Crippen LogP contribution >= 0.6 is 11.6 Å². The molecule has 0 radical (unpaired) electrons. The van der Waals surface area contributed by atoms with Crippen LogP contribution in [0.2, 0.25) is 5.02 Å². The molecule has 1 aliphatic rings. The van der Waals surface area contributed by atoms with Crippen molar-refractivity contribution in [3.63, 3.8) is 0 Å². The van der Waals surface area contributed by atoms with Crippen molar-refractivity contribution in [1.29, 1.82) is 0 Å². The smallest absolute Gasteiger partial charge is 0.227 e. The fraction of sp³-hybridized carbons (Fsp3) is 0.280. The Balaban J connectivity index is 1.27. The largest absolute Gasteiger partial charge is 0.355 e. The molecule has 0 unspecified atom stereocenters. The first kappa shape index (κ1) is 21.4. The van der Waals surface area contributed by atoms with Gasteiger partial charge in [0.15, 0.2) is 11.5 Å². The monoisotopic (exact) mass is 460 g/mol. The minimum atomic E-state index is -0.00481. The van der Waals surface area contributed by atoms with E-state index in [1.165, 1.54) is 5.56 Å². The molecule has 1 saturated heterocycles. The maximum Gasteiger partial charge on any atom is 0.227 e. The van der Waals surface area contributed by atoms with Crippen LogP contribution in [-0.2, 0) is 11.2 Å². The Hall–Kier alpha value is -3.45. The van der Waals surface area contributed by atoms with Crippen molar-refractivity contribution >= 4 is 34.7 Å². The fourth-order valence-corrected chi connectivity index (χ4v) is 4.34. The van der Waals surface area contributed by atoms with E-state index in [2.05, 4.69) is 33.4 Å². The van der Waals surface area contributed by atoms with E-state index in [-0.39, 0.29) is 11.8 Å². The number of carbonyl (C=O) groups excluding carboxylic acids is 1. The first-order valence-electron chi connectivity index (χ1n) is 11.2. The van der Waals surface area contributed by atoms with Crippen LogP contribution in [0, 0.1) is 5.92 Å². The van der Waals surface area contributed by atoms with Gasteiger partial charge in [0, 0.05) is 35.3 Å². The number of hydrogen-bond acceptors (Lipinski definition) is 5. The van der Waals surface area contributed by atoms with Gasteiger partial charge in [0.05, 0.1) is 0 Å². The van der Waals surface area contributed by atoms with Gasteiger partial charge in [-0.05, 0) is 73.4 Å². The lowest BCUT2D eigenvalue weighted by molar-refractivity contribution is -0.120. The summed E-state index contributed by atoms with van der Waals surface area (Å²) < 4.78 is 1.76. The van der Waals surface area contributed by atoms with E-state index in [9.17, 15) is 4.79 Å². The molecule has 33 heavy (non-hydrogen) atoms. The molecule has 1 fully saturated rings. The van der Waals surface area contributed by atoms with Crippen LogP contribution in [0.25, 0.3) is 17.0 Å². The zero-order valence-corrected chi connectivity index (χ0v) is 19.2. The first-order chi connectivity index (χ1) is 16.1. The average Bonchev–Trinajstić information content (AvgIpc) is 3.28. The van der Waals surface area contributed by atoms with Crippen LogP contribution in [0.3, 0.4) is 0 Å². The van der Waals surface area contributed by atoms with Crippen LogP contribution < -0.4 is 10.2 Å². The van der Waals surface area contributed by atoms with E-state index in [1.807, 2.05) is 54.6 Å². The van der Waals surface area contributed by atoms with Crippen molar-refractivity contribution in [1.82, 2.24) is 19.8 Å². The minimum Gasteiger partial charge on any atom is -0.355 e. The molecule has 1 aliphatic heterocycles. The molecule has 7 nitrogen and oxygen atoms in total. The van der Waals surface area contributed by atoms with Crippen molar-refractivity contribution in [3.8, 4) is 11.4 Å². The lowest BCUT2D eigenvalue weighted by Gasteiger charge is -2.32. The number of benzene rings is 2. The number of aromatic nitrogens is 4. The lowest BCUT2D eigenvalue weighted by atomic mass is 9.95. The molecule has 3 heterocycles. The number of anilines is 2. The van der Waals surface area contributed by atoms with Gasteiger partial charge in [0.2, 0.25) is 5.91 Å². The van der Waals surface area contributed by atoms with Gasteiger partial charge in [0.25, 0.3) is 0 Å². The summed E-state index contributed by atoms with van der Waals surface area (Å²) in [6.07, 6.45) is 2.52. The second-order valence-electron chi connectivity index (χ2n) is 8.30. The molecule has 168 valence electrons. The summed E-state index contributed by atoms with van der Waals surface area (Å²) in [4.78, 5) is 15.0. The number of piperidine rings is 1. The molecule has 0 aliphatic carbocycles. The summed E-state index contributed by atoms with van der Waals surface area (Å²) in [5, 5.41) is 17.1. The number of fused-ring (bicyclic) bond motifs is 1. The third-order valence-corrected chi connectivity index (χ3v) is 6.40. The highest BCUT2D eigenvalue weighted by molar-refractivity contribution is 6.30. The normalized spacial score (nSPS) is 14.5. The van der Waals surface area contributed by atoms with Gasteiger partial charge in [0.1, 0.15) is 5.82 Å². The van der Waals surface area contributed by atoms with Crippen LogP contribution in [0.15, 0.2) is 60.7 Å². The summed E-state index contributed by atoms with van der Waals surface area (Å²) in [5.74, 6) is 1.61. The molecular formula is C25H25ClN6O. The van der Waals surface area contributed by atoms with Gasteiger partial charge in [-0.1, -0.05) is 30.7 Å². The highest BCUT2D eigenvalue weighted by atomic mass is 35.5. The number of nitrogens with zero attached hydrogens (tertiary/aromatic N) is 5. The predicted octanol–water partition coefficient (Wildman–Crippen LogP) is 4.86. The Kier molecular flexibility index (Phi) is 5.96. The molecule has 0 atom stereocenters. The minimum absolute atomic E-state index is 0.00481. The Morgan fingerprint density at radius 1 is 1.06 bits per heavy atom. The Labute approximate surface area is 197 Å².